The first-order valence-corrected chi connectivity index (χ1v) is 11.4. The van der Waals surface area contributed by atoms with Crippen molar-refractivity contribution in [3.05, 3.63) is 56.4 Å². The molecule has 1 aromatic heterocycles. The number of halogens is 4. The van der Waals surface area contributed by atoms with Crippen LogP contribution in [0.5, 0.6) is 23.0 Å². The summed E-state index contributed by atoms with van der Waals surface area (Å²) in [5.41, 5.74) is 2.87. The van der Waals surface area contributed by atoms with Gasteiger partial charge < -0.3 is 24.6 Å². The molecule has 3 aromatic rings. The third kappa shape index (κ3) is 5.44. The lowest BCUT2D eigenvalue weighted by molar-refractivity contribution is 0.122. The number of nitrogens with one attached hydrogen (secondary N) is 1. The lowest BCUT2D eigenvalue weighted by Crippen LogP contribution is -2.37. The smallest absolute Gasteiger partial charge is 0.245 e. The van der Waals surface area contributed by atoms with Gasteiger partial charge >= 0.3 is 0 Å². The lowest BCUT2D eigenvalue weighted by atomic mass is 10.2. The number of anilines is 2. The van der Waals surface area contributed by atoms with Crippen LogP contribution in [-0.4, -0.2) is 52.7 Å². The van der Waals surface area contributed by atoms with E-state index in [1.54, 1.807) is 4.90 Å². The summed E-state index contributed by atoms with van der Waals surface area (Å²) < 4.78 is 25.6. The highest BCUT2D eigenvalue weighted by atomic mass is 79.9. The fourth-order valence-corrected chi connectivity index (χ4v) is 4.04. The number of aromatic nitrogens is 2. The Bertz CT molecular complexity index is 1240. The van der Waals surface area contributed by atoms with Crippen molar-refractivity contribution in [1.29, 1.82) is 0 Å². The predicted octanol–water partition coefficient (Wildman–Crippen LogP) is 5.17. The number of hydrazone groups is 1. The van der Waals surface area contributed by atoms with Crippen LogP contribution in [0.25, 0.3) is 0 Å². The van der Waals surface area contributed by atoms with Gasteiger partial charge in [0.2, 0.25) is 5.95 Å². The van der Waals surface area contributed by atoms with Crippen molar-refractivity contribution in [2.45, 2.75) is 0 Å². The molecule has 1 aliphatic rings. The summed E-state index contributed by atoms with van der Waals surface area (Å²) >= 11 is 15.4. The zero-order chi connectivity index (χ0) is 24.2. The lowest BCUT2D eigenvalue weighted by Gasteiger charge is -2.27. The maximum Gasteiger partial charge on any atom is 0.245 e. The summed E-state index contributed by atoms with van der Waals surface area (Å²) in [4.78, 5) is 9.80. The van der Waals surface area contributed by atoms with Gasteiger partial charge in [-0.2, -0.15) is 10.1 Å². The number of phenols is 2. The molecule has 0 aliphatic carbocycles. The average Bonchev–Trinajstić information content (AvgIpc) is 2.83. The normalized spacial score (nSPS) is 13.9. The molecule has 9 nitrogen and oxygen atoms in total. The molecule has 1 fully saturated rings. The van der Waals surface area contributed by atoms with E-state index in [2.05, 4.69) is 36.4 Å². The van der Waals surface area contributed by atoms with Gasteiger partial charge in [0.25, 0.3) is 0 Å². The predicted molar refractivity (Wildman–Crippen MR) is 130 cm³/mol. The molecule has 1 aliphatic heterocycles. The Labute approximate surface area is 211 Å². The molecule has 3 N–H and O–H groups in total. The molecule has 4 rings (SSSR count). The second kappa shape index (κ2) is 10.6. The molecule has 0 bridgehead atoms. The van der Waals surface area contributed by atoms with Gasteiger partial charge in [-0.05, 0) is 24.3 Å². The highest BCUT2D eigenvalue weighted by Crippen LogP contribution is 2.43. The zero-order valence-corrected chi connectivity index (χ0v) is 20.4. The van der Waals surface area contributed by atoms with Crippen molar-refractivity contribution in [2.75, 3.05) is 36.6 Å². The maximum atomic E-state index is 14.1. The van der Waals surface area contributed by atoms with Gasteiger partial charge in [0.1, 0.15) is 16.5 Å². The van der Waals surface area contributed by atoms with Crippen LogP contribution in [0, 0.1) is 5.82 Å². The van der Waals surface area contributed by atoms with Crippen molar-refractivity contribution in [3.8, 4) is 23.0 Å². The van der Waals surface area contributed by atoms with E-state index in [0.29, 0.717) is 30.8 Å². The van der Waals surface area contributed by atoms with Gasteiger partial charge in [-0.15, -0.1) is 0 Å². The highest BCUT2D eigenvalue weighted by Gasteiger charge is 2.18. The van der Waals surface area contributed by atoms with Gasteiger partial charge in [0, 0.05) is 23.1 Å². The molecule has 1 saturated heterocycles. The molecule has 13 heteroatoms. The maximum absolute atomic E-state index is 14.1. The summed E-state index contributed by atoms with van der Waals surface area (Å²) in [5.74, 6) is -0.760. The minimum Gasteiger partial charge on any atom is -0.506 e. The van der Waals surface area contributed by atoms with Crippen LogP contribution in [0.3, 0.4) is 0 Å². The van der Waals surface area contributed by atoms with E-state index < -0.39 is 5.82 Å². The average molecular weight is 573 g/mol. The number of nitrogens with zero attached hydrogens (tertiary/aromatic N) is 4. The summed E-state index contributed by atoms with van der Waals surface area (Å²) in [6.07, 6.45) is 2.35. The Morgan fingerprint density at radius 2 is 1.94 bits per heavy atom. The third-order valence-electron chi connectivity index (χ3n) is 4.73. The number of phenolic OH excluding ortho intramolecular Hbond substituents is 2. The molecule has 178 valence electrons. The first-order chi connectivity index (χ1) is 16.3. The Kier molecular flexibility index (Phi) is 7.57. The van der Waals surface area contributed by atoms with Gasteiger partial charge in [0.15, 0.2) is 23.1 Å². The molecule has 2 aromatic carbocycles. The van der Waals surface area contributed by atoms with E-state index in [9.17, 15) is 14.6 Å². The number of benzene rings is 2. The molecule has 34 heavy (non-hydrogen) atoms. The number of ether oxygens (including phenoxy) is 2. The fourth-order valence-electron chi connectivity index (χ4n) is 3.05. The highest BCUT2D eigenvalue weighted by molar-refractivity contribution is 9.10. The second-order valence-corrected chi connectivity index (χ2v) is 8.69. The molecular weight excluding hydrogens is 556 g/mol. The first-order valence-electron chi connectivity index (χ1n) is 9.85. The van der Waals surface area contributed by atoms with E-state index >= 15 is 0 Å². The van der Waals surface area contributed by atoms with Crippen LogP contribution >= 0.6 is 39.1 Å². The molecule has 0 saturated carbocycles. The minimum absolute atomic E-state index is 0.0493. The van der Waals surface area contributed by atoms with Crippen LogP contribution in [0.2, 0.25) is 10.0 Å². The summed E-state index contributed by atoms with van der Waals surface area (Å²) in [6, 6.07) is 6.00. The number of aromatic hydroxyl groups is 2. The van der Waals surface area contributed by atoms with Crippen molar-refractivity contribution in [2.24, 2.45) is 5.10 Å². The van der Waals surface area contributed by atoms with E-state index in [1.807, 2.05) is 0 Å². The number of morpholine rings is 1. The first kappa shape index (κ1) is 24.3. The topological polar surface area (TPSA) is 112 Å². The quantitative estimate of drug-likeness (QED) is 0.274. The van der Waals surface area contributed by atoms with Crippen molar-refractivity contribution in [3.63, 3.8) is 0 Å². The molecule has 0 amide bonds. The van der Waals surface area contributed by atoms with Crippen LogP contribution in [0.15, 0.2) is 40.0 Å². The minimum atomic E-state index is -0.547. The third-order valence-corrected chi connectivity index (χ3v) is 5.84. The van der Waals surface area contributed by atoms with Crippen molar-refractivity contribution in [1.82, 2.24) is 9.97 Å². The van der Waals surface area contributed by atoms with E-state index in [0.717, 1.165) is 6.20 Å². The Hall–Kier alpha value is -2.86. The summed E-state index contributed by atoms with van der Waals surface area (Å²) in [5, 5.41) is 24.5. The van der Waals surface area contributed by atoms with Crippen LogP contribution in [-0.2, 0) is 4.74 Å². The van der Waals surface area contributed by atoms with E-state index in [-0.39, 0.29) is 50.4 Å². The molecule has 0 atom stereocenters. The van der Waals surface area contributed by atoms with Crippen LogP contribution in [0.1, 0.15) is 5.56 Å². The van der Waals surface area contributed by atoms with Crippen molar-refractivity contribution >= 4 is 57.1 Å². The SMILES string of the molecule is Oc1c(Cl)cc(Br)cc1Oc1ccc(/C=N\Nc2ncc(F)c(N3CCOCC3)n2)c(O)c1Cl. The molecule has 0 unspecified atom stereocenters. The van der Waals surface area contributed by atoms with Crippen LogP contribution < -0.4 is 15.1 Å². The monoisotopic (exact) mass is 571 g/mol. The second-order valence-electron chi connectivity index (χ2n) is 6.99. The van der Waals surface area contributed by atoms with Gasteiger partial charge in [-0.1, -0.05) is 39.1 Å². The Balaban J connectivity index is 1.49. The molecule has 2 heterocycles. The largest absolute Gasteiger partial charge is 0.506 e. The molecular formula is C21H17BrCl2FN5O4. The number of hydrogen-bond donors (Lipinski definition) is 3. The van der Waals surface area contributed by atoms with Crippen molar-refractivity contribution < 1.29 is 24.1 Å². The standard InChI is InChI=1S/C21H17BrCl2FN5O4/c22-12-7-13(23)19(32)16(8-12)34-15-2-1-11(18(31)17(15)24)9-27-29-21-26-10-14(25)20(28-21)30-3-5-33-6-4-30/h1-2,7-10,31-32H,3-6H2,(H,26,28,29)/b27-9-. The Morgan fingerprint density at radius 3 is 2.71 bits per heavy atom. The van der Waals surface area contributed by atoms with Gasteiger partial charge in [0.05, 0.1) is 30.6 Å². The molecule has 0 spiro atoms. The Morgan fingerprint density at radius 1 is 1.18 bits per heavy atom. The van der Waals surface area contributed by atoms with Crippen LogP contribution in [0.4, 0.5) is 16.2 Å². The number of hydrogen-bond acceptors (Lipinski definition) is 9. The van der Waals surface area contributed by atoms with E-state index in [4.69, 9.17) is 32.7 Å². The molecule has 0 radical (unpaired) electrons. The number of rotatable bonds is 6. The summed E-state index contributed by atoms with van der Waals surface area (Å²) in [7, 11) is 0. The fraction of sp³-hybridized carbons (Fsp3) is 0.190. The van der Waals surface area contributed by atoms with Gasteiger partial charge in [-0.3, -0.25) is 0 Å². The van der Waals surface area contributed by atoms with E-state index in [1.165, 1.54) is 30.5 Å². The zero-order valence-electron chi connectivity index (χ0n) is 17.3. The van der Waals surface area contributed by atoms with Gasteiger partial charge in [-0.25, -0.2) is 14.8 Å². The summed E-state index contributed by atoms with van der Waals surface area (Å²) in [6.45, 7) is 2.00.